The van der Waals surface area contributed by atoms with Crippen molar-refractivity contribution in [3.63, 3.8) is 0 Å². The number of amides is 1. The summed E-state index contributed by atoms with van der Waals surface area (Å²) < 4.78 is 2.22. The molecule has 0 atom stereocenters. The molecule has 1 amide bonds. The van der Waals surface area contributed by atoms with Crippen molar-refractivity contribution in [1.82, 2.24) is 29.9 Å². The summed E-state index contributed by atoms with van der Waals surface area (Å²) in [5, 5.41) is 12.0. The highest BCUT2D eigenvalue weighted by Crippen LogP contribution is 2.17. The number of piperazine rings is 1. The molecule has 10 heteroatoms. The lowest BCUT2D eigenvalue weighted by Gasteiger charge is -2.43. The highest BCUT2D eigenvalue weighted by molar-refractivity contribution is 14.0. The number of nitrogens with one attached hydrogen (secondary N) is 1. The zero-order valence-corrected chi connectivity index (χ0v) is 18.8. The van der Waals surface area contributed by atoms with Crippen LogP contribution < -0.4 is 11.1 Å². The summed E-state index contributed by atoms with van der Waals surface area (Å²) in [6.45, 7) is 8.53. The molecular formula is C17H31IN8O. The predicted octanol–water partition coefficient (Wildman–Crippen LogP) is 0.189. The average Bonchev–Trinajstić information content (AvgIpc) is 3.06. The van der Waals surface area contributed by atoms with Crippen molar-refractivity contribution < 1.29 is 4.79 Å². The number of halogens is 1. The van der Waals surface area contributed by atoms with E-state index < -0.39 is 5.54 Å². The van der Waals surface area contributed by atoms with Gasteiger partial charge in [0.15, 0.2) is 11.8 Å². The fourth-order valence-corrected chi connectivity index (χ4v) is 3.62. The number of nitrogens with zero attached hydrogens (tertiary/aromatic N) is 6. The molecule has 1 aromatic heterocycles. The number of hydrogen-bond acceptors (Lipinski definition) is 5. The molecule has 1 fully saturated rings. The highest BCUT2D eigenvalue weighted by atomic mass is 127. The molecule has 0 spiro atoms. The lowest BCUT2D eigenvalue weighted by molar-refractivity contribution is -0.129. The molecule has 0 bridgehead atoms. The summed E-state index contributed by atoms with van der Waals surface area (Å²) in [6, 6.07) is 0. The quantitative estimate of drug-likeness (QED) is 0.355. The smallest absolute Gasteiger partial charge is 0.237 e. The van der Waals surface area contributed by atoms with E-state index >= 15 is 0 Å². The number of aryl methyl sites for hydroxylation is 1. The lowest BCUT2D eigenvalue weighted by Crippen LogP contribution is -2.61. The molecule has 3 N–H and O–H groups in total. The first kappa shape index (κ1) is 21.9. The third-order valence-electron chi connectivity index (χ3n) is 5.53. The van der Waals surface area contributed by atoms with Gasteiger partial charge >= 0.3 is 0 Å². The molecule has 152 valence electrons. The van der Waals surface area contributed by atoms with E-state index in [9.17, 15) is 4.79 Å². The molecule has 3 heterocycles. The van der Waals surface area contributed by atoms with Crippen LogP contribution in [-0.4, -0.2) is 75.2 Å². The average molecular weight is 490 g/mol. The first-order chi connectivity index (χ1) is 12.4. The number of rotatable bonds is 4. The third kappa shape index (κ3) is 4.71. The Hall–Kier alpha value is -1.43. The van der Waals surface area contributed by atoms with Crippen LogP contribution in [0.5, 0.6) is 0 Å². The van der Waals surface area contributed by atoms with E-state index in [0.29, 0.717) is 6.54 Å². The van der Waals surface area contributed by atoms with Crippen LogP contribution in [0.15, 0.2) is 4.99 Å². The van der Waals surface area contributed by atoms with Crippen LogP contribution in [0.1, 0.15) is 38.3 Å². The topological polar surface area (TPSA) is 105 Å². The van der Waals surface area contributed by atoms with Crippen molar-refractivity contribution in [3.8, 4) is 0 Å². The Morgan fingerprint density at radius 1 is 1.19 bits per heavy atom. The van der Waals surface area contributed by atoms with Crippen LogP contribution in [-0.2, 0) is 24.3 Å². The minimum absolute atomic E-state index is 0. The Bertz CT molecular complexity index is 678. The van der Waals surface area contributed by atoms with Gasteiger partial charge in [0, 0.05) is 46.2 Å². The largest absolute Gasteiger partial charge is 0.368 e. The number of nitrogens with two attached hydrogens (primary N) is 1. The van der Waals surface area contributed by atoms with Crippen LogP contribution in [0.25, 0.3) is 0 Å². The predicted molar refractivity (Wildman–Crippen MR) is 115 cm³/mol. The van der Waals surface area contributed by atoms with E-state index in [1.54, 1.807) is 7.05 Å². The van der Waals surface area contributed by atoms with Gasteiger partial charge in [0.1, 0.15) is 5.82 Å². The zero-order valence-electron chi connectivity index (χ0n) is 16.4. The maximum absolute atomic E-state index is 11.7. The normalized spacial score (nSPS) is 18.6. The van der Waals surface area contributed by atoms with Crippen molar-refractivity contribution in [2.75, 3.05) is 33.2 Å². The van der Waals surface area contributed by atoms with Crippen LogP contribution in [0, 0.1) is 0 Å². The van der Waals surface area contributed by atoms with Gasteiger partial charge < -0.3 is 20.5 Å². The number of carbonyl (C=O) groups is 1. The zero-order chi connectivity index (χ0) is 18.7. The number of aromatic nitrogens is 3. The van der Waals surface area contributed by atoms with E-state index in [4.69, 9.17) is 5.73 Å². The summed E-state index contributed by atoms with van der Waals surface area (Å²) >= 11 is 0. The molecule has 1 aromatic rings. The summed E-state index contributed by atoms with van der Waals surface area (Å²) in [5.74, 6) is 2.62. The van der Waals surface area contributed by atoms with Crippen molar-refractivity contribution >= 4 is 35.8 Å². The number of primary amides is 1. The Kier molecular flexibility index (Phi) is 7.43. The maximum Gasteiger partial charge on any atom is 0.237 e. The van der Waals surface area contributed by atoms with Crippen molar-refractivity contribution in [2.24, 2.45) is 10.7 Å². The van der Waals surface area contributed by atoms with Crippen LogP contribution >= 0.6 is 24.0 Å². The molecule has 3 rings (SSSR count). The summed E-state index contributed by atoms with van der Waals surface area (Å²) in [4.78, 5) is 20.4. The molecule has 0 aliphatic carbocycles. The van der Waals surface area contributed by atoms with E-state index in [-0.39, 0.29) is 29.9 Å². The first-order valence-corrected chi connectivity index (χ1v) is 9.35. The molecular weight excluding hydrogens is 459 g/mol. The summed E-state index contributed by atoms with van der Waals surface area (Å²) in [5.41, 5.74) is 4.91. The lowest BCUT2D eigenvalue weighted by atomic mass is 10.0. The van der Waals surface area contributed by atoms with E-state index in [0.717, 1.165) is 56.8 Å². The van der Waals surface area contributed by atoms with E-state index in [2.05, 4.69) is 34.9 Å². The highest BCUT2D eigenvalue weighted by Gasteiger charge is 2.35. The second-order valence-corrected chi connectivity index (χ2v) is 7.44. The van der Waals surface area contributed by atoms with Crippen LogP contribution in [0.4, 0.5) is 0 Å². The Labute approximate surface area is 177 Å². The Morgan fingerprint density at radius 2 is 1.89 bits per heavy atom. The van der Waals surface area contributed by atoms with Gasteiger partial charge in [-0.05, 0) is 26.7 Å². The van der Waals surface area contributed by atoms with E-state index in [1.807, 2.05) is 13.8 Å². The second kappa shape index (κ2) is 9.18. The fourth-order valence-electron chi connectivity index (χ4n) is 3.62. The number of guanidine groups is 1. The van der Waals surface area contributed by atoms with Crippen molar-refractivity contribution in [2.45, 2.75) is 51.7 Å². The van der Waals surface area contributed by atoms with Crippen molar-refractivity contribution in [1.29, 1.82) is 0 Å². The monoisotopic (exact) mass is 490 g/mol. The third-order valence-corrected chi connectivity index (χ3v) is 5.53. The first-order valence-electron chi connectivity index (χ1n) is 9.35. The molecule has 9 nitrogen and oxygen atoms in total. The minimum atomic E-state index is -0.621. The van der Waals surface area contributed by atoms with Crippen LogP contribution in [0.2, 0.25) is 0 Å². The Morgan fingerprint density at radius 3 is 2.52 bits per heavy atom. The maximum atomic E-state index is 11.7. The number of aliphatic imine (C=N–C) groups is 1. The number of hydrogen-bond donors (Lipinski definition) is 2. The number of fused-ring (bicyclic) bond motifs is 1. The number of carbonyl (C=O) groups excluding carboxylic acids is 1. The van der Waals surface area contributed by atoms with Gasteiger partial charge in [-0.1, -0.05) is 0 Å². The molecule has 1 saturated heterocycles. The van der Waals surface area contributed by atoms with Gasteiger partial charge in [0.25, 0.3) is 0 Å². The van der Waals surface area contributed by atoms with Gasteiger partial charge in [-0.2, -0.15) is 0 Å². The van der Waals surface area contributed by atoms with Crippen molar-refractivity contribution in [3.05, 3.63) is 11.6 Å². The molecule has 0 radical (unpaired) electrons. The van der Waals surface area contributed by atoms with Gasteiger partial charge in [0.2, 0.25) is 5.91 Å². The van der Waals surface area contributed by atoms with Gasteiger partial charge in [-0.15, -0.1) is 34.2 Å². The fraction of sp³-hybridized carbons (Fsp3) is 0.765. The molecule has 2 aliphatic rings. The van der Waals surface area contributed by atoms with Gasteiger partial charge in [-0.25, -0.2) is 0 Å². The molecule has 2 aliphatic heterocycles. The summed E-state index contributed by atoms with van der Waals surface area (Å²) in [6.07, 6.45) is 3.39. The SMILES string of the molecule is CN=C(NCc1nnc2n1CCCC2)N1CCN(C(C)(C)C(N)=O)CC1.I. The van der Waals surface area contributed by atoms with Gasteiger partial charge in [-0.3, -0.25) is 14.7 Å². The van der Waals surface area contributed by atoms with Crippen LogP contribution in [0.3, 0.4) is 0 Å². The molecule has 0 saturated carbocycles. The summed E-state index contributed by atoms with van der Waals surface area (Å²) in [7, 11) is 1.79. The molecule has 0 aromatic carbocycles. The molecule has 0 unspecified atom stereocenters. The second-order valence-electron chi connectivity index (χ2n) is 7.44. The van der Waals surface area contributed by atoms with E-state index in [1.165, 1.54) is 12.8 Å². The molecule has 27 heavy (non-hydrogen) atoms. The standard InChI is InChI=1S/C17H30N8O.HI/c1-17(2,15(18)26)24-10-8-23(9-11-24)16(19-3)20-12-14-22-21-13-6-4-5-7-25(13)14;/h4-12H2,1-3H3,(H2,18,26)(H,19,20);1H. The van der Waals surface area contributed by atoms with Gasteiger partial charge in [0.05, 0.1) is 12.1 Å². The Balaban J connectivity index is 0.00000261. The minimum Gasteiger partial charge on any atom is -0.368 e.